The number of aromatic amines is 1. The molecule has 0 amide bonds. The first-order valence-electron chi connectivity index (χ1n) is 10.1. The van der Waals surface area contributed by atoms with E-state index < -0.39 is 17.4 Å². The SMILES string of the molecule is Cc1ccc(Oc2nc3c(c(=O)[nH]c(=O)n3C)n2CC(O)COc2ccccc2C)cc1. The van der Waals surface area contributed by atoms with Crippen LogP contribution in [0, 0.1) is 13.8 Å². The van der Waals surface area contributed by atoms with Gasteiger partial charge in [0.15, 0.2) is 11.2 Å². The molecule has 1 unspecified atom stereocenters. The van der Waals surface area contributed by atoms with Crippen molar-refractivity contribution in [2.75, 3.05) is 6.61 Å². The monoisotopic (exact) mass is 436 g/mol. The number of para-hydroxylation sites is 1. The molecule has 0 spiro atoms. The second-order valence-electron chi connectivity index (χ2n) is 7.64. The minimum Gasteiger partial charge on any atom is -0.491 e. The molecule has 2 aromatic carbocycles. The Morgan fingerprint density at radius 3 is 2.53 bits per heavy atom. The van der Waals surface area contributed by atoms with Crippen molar-refractivity contribution in [3.05, 3.63) is 80.5 Å². The molecule has 0 bridgehead atoms. The van der Waals surface area contributed by atoms with E-state index in [1.54, 1.807) is 12.1 Å². The van der Waals surface area contributed by atoms with Gasteiger partial charge >= 0.3 is 11.7 Å². The smallest absolute Gasteiger partial charge is 0.329 e. The van der Waals surface area contributed by atoms with Crippen LogP contribution in [-0.4, -0.2) is 36.9 Å². The van der Waals surface area contributed by atoms with Gasteiger partial charge in [0.05, 0.1) is 6.54 Å². The second kappa shape index (κ2) is 8.72. The van der Waals surface area contributed by atoms with Gasteiger partial charge in [0.1, 0.15) is 24.2 Å². The lowest BCUT2D eigenvalue weighted by Crippen LogP contribution is -2.30. The zero-order chi connectivity index (χ0) is 22.8. The van der Waals surface area contributed by atoms with Crippen molar-refractivity contribution in [1.29, 1.82) is 0 Å². The molecule has 32 heavy (non-hydrogen) atoms. The fourth-order valence-corrected chi connectivity index (χ4v) is 3.34. The molecule has 1 atom stereocenters. The molecule has 0 radical (unpaired) electrons. The Kier molecular flexibility index (Phi) is 5.83. The summed E-state index contributed by atoms with van der Waals surface area (Å²) in [7, 11) is 1.51. The first-order chi connectivity index (χ1) is 15.3. The number of aliphatic hydroxyl groups excluding tert-OH is 1. The van der Waals surface area contributed by atoms with Crippen LogP contribution in [0.4, 0.5) is 0 Å². The van der Waals surface area contributed by atoms with E-state index in [9.17, 15) is 14.7 Å². The number of nitrogens with one attached hydrogen (secondary N) is 1. The Labute approximate surface area is 183 Å². The number of fused-ring (bicyclic) bond motifs is 1. The summed E-state index contributed by atoms with van der Waals surface area (Å²) in [6.45, 7) is 3.85. The zero-order valence-corrected chi connectivity index (χ0v) is 18.0. The van der Waals surface area contributed by atoms with Crippen molar-refractivity contribution in [3.63, 3.8) is 0 Å². The van der Waals surface area contributed by atoms with Crippen molar-refractivity contribution in [2.24, 2.45) is 7.05 Å². The van der Waals surface area contributed by atoms with Crippen LogP contribution in [0.15, 0.2) is 58.1 Å². The maximum atomic E-state index is 12.6. The molecule has 0 saturated carbocycles. The van der Waals surface area contributed by atoms with Gasteiger partial charge in [0.2, 0.25) is 0 Å². The minimum absolute atomic E-state index is 0.00182. The maximum absolute atomic E-state index is 12.6. The Bertz CT molecular complexity index is 1370. The minimum atomic E-state index is -0.969. The molecule has 0 fully saturated rings. The molecule has 2 heterocycles. The largest absolute Gasteiger partial charge is 0.491 e. The number of rotatable bonds is 7. The first-order valence-corrected chi connectivity index (χ1v) is 10.1. The van der Waals surface area contributed by atoms with Crippen molar-refractivity contribution < 1.29 is 14.6 Å². The molecule has 2 aromatic heterocycles. The molecule has 4 aromatic rings. The molecule has 0 aliphatic rings. The van der Waals surface area contributed by atoms with Gasteiger partial charge in [-0.1, -0.05) is 35.9 Å². The Morgan fingerprint density at radius 2 is 1.81 bits per heavy atom. The van der Waals surface area contributed by atoms with E-state index >= 15 is 0 Å². The number of H-pyrrole nitrogens is 1. The number of imidazole rings is 1. The average molecular weight is 436 g/mol. The summed E-state index contributed by atoms with van der Waals surface area (Å²) in [5.41, 5.74) is 1.10. The summed E-state index contributed by atoms with van der Waals surface area (Å²) < 4.78 is 14.3. The quantitative estimate of drug-likeness (QED) is 0.460. The summed E-state index contributed by atoms with van der Waals surface area (Å²) in [6, 6.07) is 14.9. The van der Waals surface area contributed by atoms with E-state index in [1.165, 1.54) is 16.2 Å². The summed E-state index contributed by atoms with van der Waals surface area (Å²) in [5.74, 6) is 1.18. The van der Waals surface area contributed by atoms with Gasteiger partial charge in [-0.2, -0.15) is 4.98 Å². The van der Waals surface area contributed by atoms with E-state index in [-0.39, 0.29) is 30.3 Å². The molecule has 2 N–H and O–H groups in total. The van der Waals surface area contributed by atoms with Crippen LogP contribution in [0.2, 0.25) is 0 Å². The summed E-state index contributed by atoms with van der Waals surface area (Å²) >= 11 is 0. The predicted molar refractivity (Wildman–Crippen MR) is 120 cm³/mol. The normalized spacial score (nSPS) is 12.1. The summed E-state index contributed by atoms with van der Waals surface area (Å²) in [4.78, 5) is 31.3. The molecular weight excluding hydrogens is 412 g/mol. The Hall–Kier alpha value is -3.85. The highest BCUT2D eigenvalue weighted by Crippen LogP contribution is 2.25. The van der Waals surface area contributed by atoms with Crippen LogP contribution in [0.5, 0.6) is 17.5 Å². The average Bonchev–Trinajstić information content (AvgIpc) is 3.11. The van der Waals surface area contributed by atoms with Crippen LogP contribution < -0.4 is 20.7 Å². The highest BCUT2D eigenvalue weighted by molar-refractivity contribution is 5.71. The van der Waals surface area contributed by atoms with E-state index in [1.807, 2.05) is 50.2 Å². The van der Waals surface area contributed by atoms with Gasteiger partial charge in [-0.3, -0.25) is 18.9 Å². The van der Waals surface area contributed by atoms with Crippen LogP contribution in [0.1, 0.15) is 11.1 Å². The molecule has 0 aliphatic heterocycles. The number of benzene rings is 2. The predicted octanol–water partition coefficient (Wildman–Crippen LogP) is 2.27. The number of hydrogen-bond donors (Lipinski definition) is 2. The molecule has 4 rings (SSSR count). The summed E-state index contributed by atoms with van der Waals surface area (Å²) in [5, 5.41) is 10.7. The Balaban J connectivity index is 1.68. The molecule has 9 nitrogen and oxygen atoms in total. The summed E-state index contributed by atoms with van der Waals surface area (Å²) in [6.07, 6.45) is -0.969. The highest BCUT2D eigenvalue weighted by Gasteiger charge is 2.21. The molecule has 0 aliphatic carbocycles. The molecule has 9 heteroatoms. The second-order valence-corrected chi connectivity index (χ2v) is 7.64. The number of nitrogens with zero attached hydrogens (tertiary/aromatic N) is 3. The lowest BCUT2D eigenvalue weighted by atomic mass is 10.2. The van der Waals surface area contributed by atoms with Crippen LogP contribution in [0.25, 0.3) is 11.2 Å². The van der Waals surface area contributed by atoms with Gasteiger partial charge in [-0.15, -0.1) is 0 Å². The third kappa shape index (κ3) is 4.28. The molecular formula is C23H24N4O5. The number of aryl methyl sites for hydroxylation is 3. The van der Waals surface area contributed by atoms with Gasteiger partial charge in [-0.05, 0) is 37.6 Å². The first kappa shape index (κ1) is 21.4. The molecule has 166 valence electrons. The third-order valence-electron chi connectivity index (χ3n) is 5.12. The van der Waals surface area contributed by atoms with Crippen LogP contribution in [-0.2, 0) is 13.6 Å². The van der Waals surface area contributed by atoms with E-state index in [4.69, 9.17) is 9.47 Å². The van der Waals surface area contributed by atoms with Crippen LogP contribution >= 0.6 is 0 Å². The van der Waals surface area contributed by atoms with Gasteiger partial charge in [-0.25, -0.2) is 4.79 Å². The van der Waals surface area contributed by atoms with E-state index in [2.05, 4.69) is 9.97 Å². The maximum Gasteiger partial charge on any atom is 0.329 e. The van der Waals surface area contributed by atoms with E-state index in [0.29, 0.717) is 11.5 Å². The fraction of sp³-hybridized carbons (Fsp3) is 0.261. The zero-order valence-electron chi connectivity index (χ0n) is 18.0. The van der Waals surface area contributed by atoms with Crippen molar-refractivity contribution in [1.82, 2.24) is 19.1 Å². The number of ether oxygens (including phenoxy) is 2. The lowest BCUT2D eigenvalue weighted by Gasteiger charge is -2.16. The fourth-order valence-electron chi connectivity index (χ4n) is 3.34. The Morgan fingerprint density at radius 1 is 1.09 bits per heavy atom. The number of aromatic nitrogens is 4. The third-order valence-corrected chi connectivity index (χ3v) is 5.12. The van der Waals surface area contributed by atoms with Crippen molar-refractivity contribution >= 4 is 11.2 Å². The highest BCUT2D eigenvalue weighted by atomic mass is 16.5. The lowest BCUT2D eigenvalue weighted by molar-refractivity contribution is 0.0912. The van der Waals surface area contributed by atoms with Gasteiger partial charge in [0.25, 0.3) is 5.56 Å². The van der Waals surface area contributed by atoms with Crippen LogP contribution in [0.3, 0.4) is 0 Å². The molecule has 0 saturated heterocycles. The van der Waals surface area contributed by atoms with Crippen molar-refractivity contribution in [3.8, 4) is 17.5 Å². The standard InChI is InChI=1S/C23H24N4O5/c1-14-8-10-17(11-9-14)32-23-24-20-19(21(29)25-22(30)26(20)3)27(23)12-16(28)13-31-18-7-5-4-6-15(18)2/h4-11,16,28H,12-13H2,1-3H3,(H,25,29,30). The topological polar surface area (TPSA) is 111 Å². The van der Waals surface area contributed by atoms with Gasteiger partial charge in [0, 0.05) is 7.05 Å². The van der Waals surface area contributed by atoms with E-state index in [0.717, 1.165) is 11.1 Å². The van der Waals surface area contributed by atoms with Crippen molar-refractivity contribution in [2.45, 2.75) is 26.5 Å². The van der Waals surface area contributed by atoms with Gasteiger partial charge < -0.3 is 14.6 Å². The number of aliphatic hydroxyl groups is 1. The number of hydrogen-bond acceptors (Lipinski definition) is 6.